The average molecular weight is 176 g/mol. The van der Waals surface area contributed by atoms with Crippen LogP contribution in [0.4, 0.5) is 0 Å². The van der Waals surface area contributed by atoms with Crippen LogP contribution in [0.3, 0.4) is 0 Å². The Hall–Kier alpha value is -1.51. The molecular weight excluding hydrogens is 164 g/mol. The first-order valence-corrected chi connectivity index (χ1v) is 4.47. The Balaban J connectivity index is 2.35. The molecule has 0 atom stereocenters. The monoisotopic (exact) mass is 176 g/mol. The Labute approximate surface area is 76.9 Å². The minimum Gasteiger partial charge on any atom is -0.412 e. The first kappa shape index (κ1) is 8.10. The van der Waals surface area contributed by atoms with Gasteiger partial charge >= 0.3 is 0 Å². The maximum Gasteiger partial charge on any atom is 0.133 e. The third kappa shape index (κ3) is 1.49. The van der Waals surface area contributed by atoms with Crippen LogP contribution in [0.2, 0.25) is 0 Å². The largest absolute Gasteiger partial charge is 0.412 e. The van der Waals surface area contributed by atoms with E-state index in [2.05, 4.69) is 11.9 Å². The zero-order chi connectivity index (χ0) is 9.10. The number of nitrogens with zero attached hydrogens (tertiary/aromatic N) is 2. The quantitative estimate of drug-likeness (QED) is 0.713. The standard InChI is InChI=1S/C10H12N2O/c1-2-7-13-12-8-11-9-5-3-4-6-10(9)12/h3-6,8H,2,7H2,1H3. The van der Waals surface area contributed by atoms with E-state index in [1.165, 1.54) is 0 Å². The van der Waals surface area contributed by atoms with E-state index in [9.17, 15) is 0 Å². The van der Waals surface area contributed by atoms with Gasteiger partial charge in [-0.1, -0.05) is 19.1 Å². The number of fused-ring (bicyclic) bond motifs is 1. The highest BCUT2D eigenvalue weighted by Crippen LogP contribution is 2.09. The van der Waals surface area contributed by atoms with Crippen LogP contribution in [-0.2, 0) is 0 Å². The maximum absolute atomic E-state index is 5.46. The predicted octanol–water partition coefficient (Wildman–Crippen LogP) is 1.87. The highest BCUT2D eigenvalue weighted by Gasteiger charge is 1.99. The van der Waals surface area contributed by atoms with Gasteiger partial charge in [-0.05, 0) is 18.6 Å². The molecule has 0 amide bonds. The summed E-state index contributed by atoms with van der Waals surface area (Å²) in [7, 11) is 0. The van der Waals surface area contributed by atoms with Crippen LogP contribution in [-0.4, -0.2) is 16.3 Å². The first-order valence-electron chi connectivity index (χ1n) is 4.47. The molecule has 0 radical (unpaired) electrons. The van der Waals surface area contributed by atoms with Crippen molar-refractivity contribution in [3.63, 3.8) is 0 Å². The van der Waals surface area contributed by atoms with Gasteiger partial charge in [-0.25, -0.2) is 4.98 Å². The topological polar surface area (TPSA) is 27.1 Å². The fourth-order valence-corrected chi connectivity index (χ4v) is 1.23. The van der Waals surface area contributed by atoms with Gasteiger partial charge < -0.3 is 4.84 Å². The third-order valence-electron chi connectivity index (χ3n) is 1.86. The zero-order valence-electron chi connectivity index (χ0n) is 7.60. The van der Waals surface area contributed by atoms with Crippen molar-refractivity contribution in [3.8, 4) is 0 Å². The smallest absolute Gasteiger partial charge is 0.133 e. The second-order valence-corrected chi connectivity index (χ2v) is 2.89. The van der Waals surface area contributed by atoms with E-state index < -0.39 is 0 Å². The molecule has 2 rings (SSSR count). The highest BCUT2D eigenvalue weighted by molar-refractivity contribution is 5.74. The molecule has 0 saturated heterocycles. The van der Waals surface area contributed by atoms with Crippen LogP contribution in [0.5, 0.6) is 0 Å². The van der Waals surface area contributed by atoms with Crippen LogP contribution in [0.1, 0.15) is 13.3 Å². The molecule has 2 aromatic rings. The van der Waals surface area contributed by atoms with E-state index in [0.717, 1.165) is 24.1 Å². The van der Waals surface area contributed by atoms with E-state index >= 15 is 0 Å². The van der Waals surface area contributed by atoms with Crippen molar-refractivity contribution < 1.29 is 4.84 Å². The summed E-state index contributed by atoms with van der Waals surface area (Å²) in [5, 5.41) is 0. The van der Waals surface area contributed by atoms with Gasteiger partial charge in [0.05, 0.1) is 5.52 Å². The summed E-state index contributed by atoms with van der Waals surface area (Å²) < 4.78 is 1.72. The lowest BCUT2D eigenvalue weighted by Gasteiger charge is -2.04. The molecule has 1 heterocycles. The molecular formula is C10H12N2O. The van der Waals surface area contributed by atoms with E-state index in [1.807, 2.05) is 24.3 Å². The average Bonchev–Trinajstić information content (AvgIpc) is 2.58. The van der Waals surface area contributed by atoms with Crippen LogP contribution in [0, 0.1) is 0 Å². The Morgan fingerprint density at radius 1 is 1.38 bits per heavy atom. The number of para-hydroxylation sites is 2. The molecule has 3 heteroatoms. The molecule has 0 bridgehead atoms. The summed E-state index contributed by atoms with van der Waals surface area (Å²) in [5.41, 5.74) is 1.99. The third-order valence-corrected chi connectivity index (χ3v) is 1.86. The molecule has 0 aliphatic rings. The lowest BCUT2D eigenvalue weighted by atomic mass is 10.3. The summed E-state index contributed by atoms with van der Waals surface area (Å²) in [6.45, 7) is 2.81. The minimum atomic E-state index is 0.723. The Bertz CT molecular complexity index is 394. The number of rotatable bonds is 3. The number of benzene rings is 1. The molecule has 1 aromatic carbocycles. The van der Waals surface area contributed by atoms with Crippen molar-refractivity contribution in [2.24, 2.45) is 0 Å². The molecule has 0 unspecified atom stereocenters. The van der Waals surface area contributed by atoms with Crippen molar-refractivity contribution >= 4 is 11.0 Å². The van der Waals surface area contributed by atoms with Gasteiger partial charge in [0.2, 0.25) is 0 Å². The van der Waals surface area contributed by atoms with Gasteiger partial charge in [-0.2, -0.15) is 4.73 Å². The Morgan fingerprint density at radius 3 is 3.08 bits per heavy atom. The lowest BCUT2D eigenvalue weighted by molar-refractivity contribution is 0.119. The van der Waals surface area contributed by atoms with Gasteiger partial charge in [0.25, 0.3) is 0 Å². The van der Waals surface area contributed by atoms with Gasteiger partial charge in [0.15, 0.2) is 0 Å². The summed E-state index contributed by atoms with van der Waals surface area (Å²) in [5.74, 6) is 0. The predicted molar refractivity (Wildman–Crippen MR) is 51.5 cm³/mol. The number of hydrogen-bond acceptors (Lipinski definition) is 2. The van der Waals surface area contributed by atoms with Crippen LogP contribution in [0.15, 0.2) is 30.6 Å². The fourth-order valence-electron chi connectivity index (χ4n) is 1.23. The SMILES string of the molecule is CCCOn1cnc2ccccc21. The molecule has 68 valence electrons. The van der Waals surface area contributed by atoms with Gasteiger partial charge in [-0.3, -0.25) is 0 Å². The van der Waals surface area contributed by atoms with E-state index in [1.54, 1.807) is 11.1 Å². The number of imidazole rings is 1. The van der Waals surface area contributed by atoms with Crippen molar-refractivity contribution in [2.75, 3.05) is 6.61 Å². The van der Waals surface area contributed by atoms with Crippen molar-refractivity contribution in [3.05, 3.63) is 30.6 Å². The van der Waals surface area contributed by atoms with Crippen LogP contribution >= 0.6 is 0 Å². The molecule has 0 N–H and O–H groups in total. The fraction of sp³-hybridized carbons (Fsp3) is 0.300. The zero-order valence-corrected chi connectivity index (χ0v) is 7.60. The number of hydrogen-bond donors (Lipinski definition) is 0. The molecule has 1 aromatic heterocycles. The molecule has 0 saturated carbocycles. The number of aromatic nitrogens is 2. The molecule has 0 aliphatic carbocycles. The van der Waals surface area contributed by atoms with Crippen LogP contribution in [0.25, 0.3) is 11.0 Å². The summed E-state index contributed by atoms with van der Waals surface area (Å²) in [6, 6.07) is 7.93. The van der Waals surface area contributed by atoms with Crippen LogP contribution < -0.4 is 4.84 Å². The molecule has 0 fully saturated rings. The molecule has 3 nitrogen and oxygen atoms in total. The van der Waals surface area contributed by atoms with Gasteiger partial charge in [-0.15, -0.1) is 0 Å². The molecule has 0 spiro atoms. The lowest BCUT2D eigenvalue weighted by Crippen LogP contribution is -2.10. The first-order chi connectivity index (χ1) is 6.42. The van der Waals surface area contributed by atoms with E-state index in [-0.39, 0.29) is 0 Å². The van der Waals surface area contributed by atoms with Gasteiger partial charge in [0.1, 0.15) is 18.5 Å². The van der Waals surface area contributed by atoms with Crippen molar-refractivity contribution in [2.45, 2.75) is 13.3 Å². The summed E-state index contributed by atoms with van der Waals surface area (Å²) in [4.78, 5) is 9.67. The minimum absolute atomic E-state index is 0.723. The second-order valence-electron chi connectivity index (χ2n) is 2.89. The second kappa shape index (κ2) is 3.47. The van der Waals surface area contributed by atoms with E-state index in [4.69, 9.17) is 4.84 Å². The van der Waals surface area contributed by atoms with Crippen molar-refractivity contribution in [1.29, 1.82) is 0 Å². The molecule has 0 aliphatic heterocycles. The summed E-state index contributed by atoms with van der Waals surface area (Å²) >= 11 is 0. The van der Waals surface area contributed by atoms with E-state index in [0.29, 0.717) is 0 Å². The molecule has 13 heavy (non-hydrogen) atoms. The Morgan fingerprint density at radius 2 is 2.23 bits per heavy atom. The highest BCUT2D eigenvalue weighted by atomic mass is 16.7. The Kier molecular flexibility index (Phi) is 2.17. The summed E-state index contributed by atoms with van der Waals surface area (Å²) in [6.07, 6.45) is 2.72. The maximum atomic E-state index is 5.46. The van der Waals surface area contributed by atoms with Gasteiger partial charge in [0, 0.05) is 0 Å². The normalized spacial score (nSPS) is 10.5. The van der Waals surface area contributed by atoms with Crippen molar-refractivity contribution in [1.82, 2.24) is 9.71 Å².